The van der Waals surface area contributed by atoms with E-state index in [4.69, 9.17) is 27.8 Å². The van der Waals surface area contributed by atoms with Gasteiger partial charge in [-0.1, -0.05) is 24.3 Å². The molecule has 0 spiro atoms. The number of furan rings is 2. The van der Waals surface area contributed by atoms with E-state index in [0.717, 1.165) is 0 Å². The van der Waals surface area contributed by atoms with E-state index < -0.39 is 45.5 Å². The summed E-state index contributed by atoms with van der Waals surface area (Å²) in [6, 6.07) is 21.1. The average molecular weight is 693 g/mol. The van der Waals surface area contributed by atoms with Gasteiger partial charge in [0.25, 0.3) is 0 Å². The molecule has 0 bridgehead atoms. The van der Waals surface area contributed by atoms with Crippen molar-refractivity contribution in [2.24, 2.45) is 0 Å². The summed E-state index contributed by atoms with van der Waals surface area (Å²) in [7, 11) is 5.65. The number of hydrogen-bond acceptors (Lipinski definition) is 6. The van der Waals surface area contributed by atoms with E-state index in [0.29, 0.717) is 22.6 Å². The van der Waals surface area contributed by atoms with Crippen LogP contribution in [0.15, 0.2) is 93.8 Å². The summed E-state index contributed by atoms with van der Waals surface area (Å²) >= 11 is 0. The van der Waals surface area contributed by atoms with Gasteiger partial charge < -0.3 is 27.8 Å². The fraction of sp³-hybridized carbons (Fsp3) is 0.211. The van der Waals surface area contributed by atoms with Gasteiger partial charge in [0.2, 0.25) is 0 Å². The highest BCUT2D eigenvalue weighted by atomic mass is 19.3. The maximum atomic E-state index is 16.5. The average Bonchev–Trinajstić information content (AvgIpc) is 3.68. The third-order valence-electron chi connectivity index (χ3n) is 9.69. The molecule has 0 atom stereocenters. The molecule has 2 heterocycles. The summed E-state index contributed by atoms with van der Waals surface area (Å²) in [6.07, 6.45) is 0. The number of hydrogen-bond donors (Lipinski definition) is 0. The minimum absolute atomic E-state index is 0.0665. The van der Waals surface area contributed by atoms with Crippen molar-refractivity contribution < 1.29 is 54.1 Å². The van der Waals surface area contributed by atoms with Crippen molar-refractivity contribution >= 4 is 33.1 Å². The van der Waals surface area contributed by atoms with Crippen LogP contribution in [0.3, 0.4) is 0 Å². The second kappa shape index (κ2) is 10.5. The summed E-state index contributed by atoms with van der Waals surface area (Å²) in [5, 5.41) is -0.215. The van der Waals surface area contributed by atoms with Crippen molar-refractivity contribution in [2.45, 2.75) is 23.2 Å². The van der Waals surface area contributed by atoms with Crippen molar-refractivity contribution in [2.75, 3.05) is 28.4 Å². The highest BCUT2D eigenvalue weighted by Crippen LogP contribution is 2.70. The van der Waals surface area contributed by atoms with Gasteiger partial charge >= 0.3 is 17.8 Å². The Morgan fingerprint density at radius 2 is 0.800 bits per heavy atom. The second-order valence-electron chi connectivity index (χ2n) is 12.0. The zero-order chi connectivity index (χ0) is 35.4. The Labute approximate surface area is 280 Å². The molecule has 8 rings (SSSR count). The maximum absolute atomic E-state index is 16.5. The number of rotatable bonds is 6. The predicted molar refractivity (Wildman–Crippen MR) is 172 cm³/mol. The molecule has 2 aliphatic rings. The highest BCUT2D eigenvalue weighted by molar-refractivity contribution is 6.13. The normalized spacial score (nSPS) is 18.0. The minimum atomic E-state index is -5.83. The van der Waals surface area contributed by atoms with Crippen LogP contribution in [-0.4, -0.2) is 46.2 Å². The second-order valence-corrected chi connectivity index (χ2v) is 12.0. The van der Waals surface area contributed by atoms with Crippen LogP contribution in [0.25, 0.3) is 33.1 Å². The van der Waals surface area contributed by atoms with Crippen molar-refractivity contribution in [1.82, 2.24) is 0 Å². The molecule has 256 valence electrons. The third-order valence-corrected chi connectivity index (χ3v) is 9.69. The Morgan fingerprint density at radius 3 is 1.14 bits per heavy atom. The molecule has 4 aromatic carbocycles. The first kappa shape index (κ1) is 31.7. The van der Waals surface area contributed by atoms with Gasteiger partial charge in [-0.3, -0.25) is 0 Å². The van der Waals surface area contributed by atoms with E-state index in [1.54, 1.807) is 48.5 Å². The molecular formula is C38H26F6O6. The fourth-order valence-electron chi connectivity index (χ4n) is 7.30. The van der Waals surface area contributed by atoms with Gasteiger partial charge in [0.1, 0.15) is 51.1 Å². The van der Waals surface area contributed by atoms with E-state index in [1.807, 2.05) is 0 Å². The fourth-order valence-corrected chi connectivity index (χ4v) is 7.30. The lowest BCUT2D eigenvalue weighted by atomic mass is 9.68. The van der Waals surface area contributed by atoms with E-state index >= 15 is 26.3 Å². The topological polar surface area (TPSA) is 63.2 Å². The van der Waals surface area contributed by atoms with E-state index in [2.05, 4.69) is 0 Å². The smallest absolute Gasteiger partial charge is 0.380 e. The molecule has 0 unspecified atom stereocenters. The Morgan fingerprint density at radius 1 is 0.460 bits per heavy atom. The molecule has 50 heavy (non-hydrogen) atoms. The number of allylic oxidation sites excluding steroid dienone is 2. The molecular weight excluding hydrogens is 666 g/mol. The van der Waals surface area contributed by atoms with Gasteiger partial charge in [0.05, 0.1) is 28.4 Å². The largest absolute Gasteiger partial charge is 0.497 e. The first-order valence-electron chi connectivity index (χ1n) is 15.3. The monoisotopic (exact) mass is 692 g/mol. The number of benzene rings is 4. The maximum Gasteiger partial charge on any atom is 0.380 e. The van der Waals surface area contributed by atoms with Crippen LogP contribution in [0, 0.1) is 0 Å². The van der Waals surface area contributed by atoms with E-state index in [-0.39, 0.29) is 45.0 Å². The van der Waals surface area contributed by atoms with E-state index in [9.17, 15) is 0 Å². The number of fused-ring (bicyclic) bond motifs is 8. The molecule has 0 saturated heterocycles. The quantitative estimate of drug-likeness (QED) is 0.162. The molecule has 0 N–H and O–H groups in total. The van der Waals surface area contributed by atoms with Gasteiger partial charge in [-0.05, 0) is 59.7 Å². The summed E-state index contributed by atoms with van der Waals surface area (Å²) in [5.41, 5.74) is -5.81. The Hall–Kier alpha value is -5.52. The molecule has 0 aliphatic heterocycles. The number of methoxy groups -OCH3 is 4. The lowest BCUT2D eigenvalue weighted by molar-refractivity contribution is -0.254. The Bertz CT molecular complexity index is 2190. The summed E-state index contributed by atoms with van der Waals surface area (Å²) in [5.74, 6) is -15.9. The highest BCUT2D eigenvalue weighted by Gasteiger charge is 2.82. The summed E-state index contributed by atoms with van der Waals surface area (Å²) in [4.78, 5) is 0. The predicted octanol–water partition coefficient (Wildman–Crippen LogP) is 9.74. The van der Waals surface area contributed by atoms with Crippen LogP contribution in [0.2, 0.25) is 0 Å². The minimum Gasteiger partial charge on any atom is -0.497 e. The Balaban J connectivity index is 1.67. The van der Waals surface area contributed by atoms with Crippen LogP contribution in [-0.2, 0) is 5.41 Å². The molecule has 0 saturated carbocycles. The van der Waals surface area contributed by atoms with Gasteiger partial charge in [-0.15, -0.1) is 0 Å². The molecule has 6 aromatic rings. The van der Waals surface area contributed by atoms with Gasteiger partial charge in [-0.25, -0.2) is 0 Å². The zero-order valence-electron chi connectivity index (χ0n) is 26.8. The molecule has 2 aromatic heterocycles. The molecule has 12 heteroatoms. The Kier molecular flexibility index (Phi) is 6.66. The van der Waals surface area contributed by atoms with Crippen LogP contribution < -0.4 is 18.9 Å². The molecule has 6 nitrogen and oxygen atoms in total. The van der Waals surface area contributed by atoms with Crippen LogP contribution >= 0.6 is 0 Å². The molecule has 0 amide bonds. The van der Waals surface area contributed by atoms with Crippen molar-refractivity contribution in [1.29, 1.82) is 0 Å². The first-order valence-corrected chi connectivity index (χ1v) is 15.3. The van der Waals surface area contributed by atoms with Crippen LogP contribution in [0.5, 0.6) is 23.0 Å². The number of ether oxygens (including phenoxy) is 4. The lowest BCUT2D eigenvalue weighted by Gasteiger charge is -2.34. The number of halogens is 6. The molecule has 2 aliphatic carbocycles. The standard InChI is InChI=1S/C38H26F6O6/c1-45-21-9-5-19(6-10-21)35(20-7-11-22(46-2)12-8-20)33-29(25-15-13-23(47-3)17-27(25)49-33)31-32(37(41,42)38(43,44)36(31,39)40)30-26-16-14-24(48-4)18-28(26)50-34(30)35/h5-18H,1-4H3. The SMILES string of the molecule is COc1ccc(C2(c3ccc(OC)cc3)c3oc4cc(OC)ccc4c3C3=C(c4c2oc2cc(OC)ccc42)C(F)(F)C(F)(F)C3(F)F)cc1. The van der Waals surface area contributed by atoms with Crippen molar-refractivity contribution in [3.05, 3.63) is 119 Å². The van der Waals surface area contributed by atoms with Gasteiger partial charge in [0.15, 0.2) is 0 Å². The summed E-state index contributed by atoms with van der Waals surface area (Å²) in [6.45, 7) is 0. The van der Waals surface area contributed by atoms with E-state index in [1.165, 1.54) is 64.8 Å². The van der Waals surface area contributed by atoms with Crippen molar-refractivity contribution in [3.63, 3.8) is 0 Å². The van der Waals surface area contributed by atoms with Crippen LogP contribution in [0.4, 0.5) is 26.3 Å². The molecule has 0 radical (unpaired) electrons. The third kappa shape index (κ3) is 3.81. The van der Waals surface area contributed by atoms with Gasteiger partial charge in [0, 0.05) is 45.2 Å². The number of alkyl halides is 6. The lowest BCUT2D eigenvalue weighted by Crippen LogP contribution is -2.49. The summed E-state index contributed by atoms with van der Waals surface area (Å²) < 4.78 is 132. The first-order chi connectivity index (χ1) is 23.9. The van der Waals surface area contributed by atoms with Gasteiger partial charge in [-0.2, -0.15) is 26.3 Å². The zero-order valence-corrected chi connectivity index (χ0v) is 26.8. The molecule has 0 fully saturated rings. The van der Waals surface area contributed by atoms with Crippen LogP contribution in [0.1, 0.15) is 33.8 Å². The van der Waals surface area contributed by atoms with Crippen molar-refractivity contribution in [3.8, 4) is 23.0 Å².